The highest BCUT2D eigenvalue weighted by Crippen LogP contribution is 2.38. The van der Waals surface area contributed by atoms with E-state index in [0.29, 0.717) is 22.9 Å². The summed E-state index contributed by atoms with van der Waals surface area (Å²) in [5, 5.41) is 16.8. The van der Waals surface area contributed by atoms with E-state index in [1.165, 1.54) is 16.9 Å². The van der Waals surface area contributed by atoms with E-state index < -0.39 is 0 Å². The van der Waals surface area contributed by atoms with Crippen molar-refractivity contribution < 1.29 is 14.7 Å². The number of carbonyl (C=O) groups excluding carboxylic acids is 2. The molecule has 45 heavy (non-hydrogen) atoms. The molecule has 2 aliphatic heterocycles. The lowest BCUT2D eigenvalue weighted by Gasteiger charge is -2.34. The monoisotopic (exact) mass is 632 g/mol. The molecule has 2 saturated heterocycles. The van der Waals surface area contributed by atoms with E-state index in [9.17, 15) is 14.7 Å². The lowest BCUT2D eigenvalue weighted by molar-refractivity contribution is 0.0795. The number of aliphatic hydroxyl groups is 1. The summed E-state index contributed by atoms with van der Waals surface area (Å²) in [7, 11) is 2.07. The van der Waals surface area contributed by atoms with Crippen molar-refractivity contribution in [3.8, 4) is 0 Å². The van der Waals surface area contributed by atoms with Gasteiger partial charge in [0.25, 0.3) is 11.8 Å². The van der Waals surface area contributed by atoms with Crippen LogP contribution in [0, 0.1) is 11.3 Å². The number of nitrogens with zero attached hydrogens (tertiary/aromatic N) is 4. The Hall–Kier alpha value is -2.92. The third kappa shape index (κ3) is 7.73. The van der Waals surface area contributed by atoms with Gasteiger partial charge in [-0.25, -0.2) is 9.97 Å². The molecule has 6 rings (SSSR count). The normalized spacial score (nSPS) is 22.3. The maximum Gasteiger partial charge on any atom is 0.280 e. The first-order chi connectivity index (χ1) is 21.5. The summed E-state index contributed by atoms with van der Waals surface area (Å²) >= 11 is 1.35. The number of carbonyl (C=O) groups is 2. The summed E-state index contributed by atoms with van der Waals surface area (Å²) < 4.78 is 0. The Morgan fingerprint density at radius 2 is 1.87 bits per heavy atom. The van der Waals surface area contributed by atoms with Gasteiger partial charge in [0.15, 0.2) is 5.01 Å². The Balaban J connectivity index is 1.20. The van der Waals surface area contributed by atoms with Crippen LogP contribution >= 0.6 is 11.3 Å². The van der Waals surface area contributed by atoms with Gasteiger partial charge in [-0.2, -0.15) is 0 Å². The number of fused-ring (bicyclic) bond motifs is 2. The number of pyridine rings is 1. The number of nitrogens with one attached hydrogen (secondary N) is 2. The van der Waals surface area contributed by atoms with Crippen molar-refractivity contribution in [2.45, 2.75) is 83.9 Å². The molecule has 2 amide bonds. The highest BCUT2D eigenvalue weighted by molar-refractivity contribution is 7.19. The van der Waals surface area contributed by atoms with E-state index in [0.717, 1.165) is 92.9 Å². The third-order valence-corrected chi connectivity index (χ3v) is 11.0. The Labute approximate surface area is 270 Å². The predicted molar refractivity (Wildman–Crippen MR) is 179 cm³/mol. The number of amides is 2. The van der Waals surface area contributed by atoms with Gasteiger partial charge in [-0.15, -0.1) is 0 Å². The van der Waals surface area contributed by atoms with E-state index in [-0.39, 0.29) is 35.4 Å². The fourth-order valence-electron chi connectivity index (χ4n) is 7.06. The number of aromatic nitrogens is 2. The van der Waals surface area contributed by atoms with Gasteiger partial charge in [0, 0.05) is 43.5 Å². The summed E-state index contributed by atoms with van der Waals surface area (Å²) in [6.45, 7) is 11.2. The number of thiazole rings is 1. The Kier molecular flexibility index (Phi) is 9.57. The highest BCUT2D eigenvalue weighted by atomic mass is 32.1. The van der Waals surface area contributed by atoms with Crippen molar-refractivity contribution >= 4 is 33.5 Å². The minimum atomic E-state index is -0.296. The van der Waals surface area contributed by atoms with Gasteiger partial charge in [-0.05, 0) is 99.2 Å². The van der Waals surface area contributed by atoms with Crippen LogP contribution in [0.1, 0.15) is 95.9 Å². The largest absolute Gasteiger partial charge is 0.393 e. The van der Waals surface area contributed by atoms with Gasteiger partial charge in [0.05, 0.1) is 12.1 Å². The van der Waals surface area contributed by atoms with Gasteiger partial charge in [0.1, 0.15) is 10.3 Å². The maximum atomic E-state index is 13.8. The molecule has 0 spiro atoms. The molecule has 2 fully saturated rings. The van der Waals surface area contributed by atoms with Crippen LogP contribution in [-0.2, 0) is 12.8 Å². The van der Waals surface area contributed by atoms with Crippen molar-refractivity contribution in [1.82, 2.24) is 30.4 Å². The van der Waals surface area contributed by atoms with E-state index >= 15 is 0 Å². The van der Waals surface area contributed by atoms with Crippen molar-refractivity contribution in [1.29, 1.82) is 0 Å². The van der Waals surface area contributed by atoms with E-state index in [2.05, 4.69) is 54.3 Å². The summed E-state index contributed by atoms with van der Waals surface area (Å²) in [5.41, 5.74) is 4.94. The number of likely N-dealkylation sites (tertiary alicyclic amines) is 2. The lowest BCUT2D eigenvalue weighted by atomic mass is 9.71. The van der Waals surface area contributed by atoms with Gasteiger partial charge in [0.2, 0.25) is 0 Å². The number of rotatable bonds is 8. The molecule has 0 radical (unpaired) electrons. The second-order valence-corrected chi connectivity index (χ2v) is 15.5. The second kappa shape index (κ2) is 13.4. The number of likely N-dealkylation sites (N-methyl/N-ethyl adjacent to an activating group) is 1. The molecule has 3 N–H and O–H groups in total. The number of piperidine rings is 1. The fourth-order valence-corrected chi connectivity index (χ4v) is 7.91. The standard InChI is InChI=1S/C35H48N6O3S/c1-35(2,3)25-8-9-28-24(19-25)20-30-33(38-28)45-34(39-30)32(44)37-29(13-17-41-15-11-27(42)12-16-41)22-6-5-7-23(18-22)31(43)36-26-10-14-40(4)21-26/h5-7,18,20,25-27,29,42H,8-17,19,21H2,1-4H3,(H,36,43)(H,37,44)/t25-,26?,29?/m0/s1. The molecule has 2 aromatic heterocycles. The molecule has 1 aromatic carbocycles. The van der Waals surface area contributed by atoms with Crippen LogP contribution < -0.4 is 10.6 Å². The fraction of sp³-hybridized carbons (Fsp3) is 0.600. The Bertz CT molecular complexity index is 1530. The minimum absolute atomic E-state index is 0.0813. The molecular weight excluding hydrogens is 584 g/mol. The Morgan fingerprint density at radius 1 is 1.07 bits per heavy atom. The second-order valence-electron chi connectivity index (χ2n) is 14.5. The molecule has 242 valence electrons. The zero-order chi connectivity index (χ0) is 31.7. The molecule has 1 aliphatic carbocycles. The molecule has 3 aromatic rings. The van der Waals surface area contributed by atoms with Crippen LogP contribution in [0.3, 0.4) is 0 Å². The maximum absolute atomic E-state index is 13.8. The zero-order valence-electron chi connectivity index (χ0n) is 27.1. The smallest absolute Gasteiger partial charge is 0.280 e. The van der Waals surface area contributed by atoms with E-state index in [4.69, 9.17) is 9.97 Å². The molecule has 3 atom stereocenters. The summed E-state index contributed by atoms with van der Waals surface area (Å²) in [4.78, 5) is 42.0. The highest BCUT2D eigenvalue weighted by Gasteiger charge is 2.30. The van der Waals surface area contributed by atoms with Crippen LogP contribution in [0.2, 0.25) is 0 Å². The summed E-state index contributed by atoms with van der Waals surface area (Å²) in [6.07, 6.45) is 6.03. The van der Waals surface area contributed by atoms with Crippen LogP contribution in [0.15, 0.2) is 30.3 Å². The van der Waals surface area contributed by atoms with Crippen LogP contribution in [0.25, 0.3) is 10.3 Å². The number of aliphatic hydroxyl groups excluding tert-OH is 1. The molecule has 0 bridgehead atoms. The first-order valence-electron chi connectivity index (χ1n) is 16.6. The Morgan fingerprint density at radius 3 is 2.60 bits per heavy atom. The molecular formula is C35H48N6O3S. The number of hydrogen-bond acceptors (Lipinski definition) is 8. The zero-order valence-corrected chi connectivity index (χ0v) is 28.0. The van der Waals surface area contributed by atoms with Gasteiger partial charge in [-0.1, -0.05) is 44.2 Å². The molecule has 0 saturated carbocycles. The van der Waals surface area contributed by atoms with Crippen molar-refractivity contribution in [3.63, 3.8) is 0 Å². The van der Waals surface area contributed by atoms with Crippen LogP contribution in [0.4, 0.5) is 0 Å². The topological polar surface area (TPSA) is 111 Å². The number of benzene rings is 1. The van der Waals surface area contributed by atoms with Crippen LogP contribution in [-0.4, -0.2) is 88.6 Å². The lowest BCUT2D eigenvalue weighted by Crippen LogP contribution is -2.38. The summed E-state index contributed by atoms with van der Waals surface area (Å²) in [6, 6.07) is 9.65. The van der Waals surface area contributed by atoms with Crippen LogP contribution in [0.5, 0.6) is 0 Å². The molecule has 4 heterocycles. The van der Waals surface area contributed by atoms with Crippen molar-refractivity contribution in [3.05, 3.63) is 57.7 Å². The minimum Gasteiger partial charge on any atom is -0.393 e. The average molecular weight is 633 g/mol. The van der Waals surface area contributed by atoms with E-state index in [1.807, 2.05) is 24.3 Å². The van der Waals surface area contributed by atoms with Gasteiger partial charge >= 0.3 is 0 Å². The molecule has 3 aliphatic rings. The SMILES string of the molecule is CN1CCC(NC(=O)c2cccc(C(CCN3CCC(O)CC3)NC(=O)c3nc4cc5c(nc4s3)CC[C@H](C(C)(C)C)C5)c2)C1. The average Bonchev–Trinajstić information content (AvgIpc) is 3.63. The predicted octanol–water partition coefficient (Wildman–Crippen LogP) is 4.59. The van der Waals surface area contributed by atoms with Gasteiger partial charge in [-0.3, -0.25) is 9.59 Å². The van der Waals surface area contributed by atoms with E-state index in [1.54, 1.807) is 0 Å². The van der Waals surface area contributed by atoms with Crippen molar-refractivity contribution in [2.24, 2.45) is 11.3 Å². The number of hydrogen-bond donors (Lipinski definition) is 3. The first-order valence-corrected chi connectivity index (χ1v) is 17.4. The molecule has 10 heteroatoms. The number of aryl methyl sites for hydroxylation is 1. The summed E-state index contributed by atoms with van der Waals surface area (Å²) in [5.74, 6) is 0.306. The molecule has 9 nitrogen and oxygen atoms in total. The quantitative estimate of drug-likeness (QED) is 0.333. The third-order valence-electron chi connectivity index (χ3n) is 10.0. The van der Waals surface area contributed by atoms with Crippen molar-refractivity contribution in [2.75, 3.05) is 39.8 Å². The first kappa shape index (κ1) is 32.0. The van der Waals surface area contributed by atoms with Gasteiger partial charge < -0.3 is 25.5 Å². The molecule has 2 unspecified atom stereocenters.